The van der Waals surface area contributed by atoms with Crippen LogP contribution in [0.2, 0.25) is 0 Å². The lowest BCUT2D eigenvalue weighted by Gasteiger charge is -2.34. The molecule has 0 atom stereocenters. The molecule has 0 fully saturated rings. The molecule has 0 aliphatic heterocycles. The molecule has 2 heteroatoms. The van der Waals surface area contributed by atoms with Crippen molar-refractivity contribution in [2.75, 3.05) is 0 Å². The third kappa shape index (κ3) is 3.37. The van der Waals surface area contributed by atoms with Crippen molar-refractivity contribution in [2.45, 2.75) is 12.3 Å². The molecular weight excluding hydrogens is 436 g/mol. The normalized spacial score (nSPS) is 13.5. The molecule has 36 heavy (non-hydrogen) atoms. The minimum Gasteiger partial charge on any atom is -0.253 e. The highest BCUT2D eigenvalue weighted by atomic mass is 14.7. The Labute approximate surface area is 211 Å². The maximum absolute atomic E-state index is 9.04. The van der Waals surface area contributed by atoms with Gasteiger partial charge in [0, 0.05) is 5.71 Å². The molecule has 0 heterocycles. The van der Waals surface area contributed by atoms with Gasteiger partial charge in [0.25, 0.3) is 0 Å². The molecule has 5 aromatic rings. The quantitative estimate of drug-likeness (QED) is 0.245. The van der Waals surface area contributed by atoms with Crippen LogP contribution in [0.15, 0.2) is 132 Å². The van der Waals surface area contributed by atoms with Crippen molar-refractivity contribution in [1.82, 2.24) is 0 Å². The number of nitrogens with zero attached hydrogens (tertiary/aromatic N) is 2. The zero-order chi connectivity index (χ0) is 24.5. The van der Waals surface area contributed by atoms with Crippen LogP contribution in [-0.2, 0) is 5.41 Å². The molecule has 0 saturated carbocycles. The second kappa shape index (κ2) is 8.80. The Morgan fingerprint density at radius 2 is 1.14 bits per heavy atom. The molecule has 0 aromatic heterocycles. The van der Waals surface area contributed by atoms with Crippen molar-refractivity contribution in [3.8, 4) is 17.2 Å². The first-order valence-corrected chi connectivity index (χ1v) is 12.1. The van der Waals surface area contributed by atoms with Crippen molar-refractivity contribution in [3.63, 3.8) is 0 Å². The monoisotopic (exact) mass is 460 g/mol. The summed E-state index contributed by atoms with van der Waals surface area (Å²) in [4.78, 5) is 4.79. The van der Waals surface area contributed by atoms with E-state index in [1.54, 1.807) is 12.1 Å². The molecule has 0 spiro atoms. The molecule has 5 aromatic carbocycles. The Morgan fingerprint density at radius 1 is 0.611 bits per heavy atom. The van der Waals surface area contributed by atoms with Gasteiger partial charge in [-0.3, -0.25) is 4.99 Å². The van der Waals surface area contributed by atoms with Crippen LogP contribution in [-0.4, -0.2) is 5.71 Å². The third-order valence-corrected chi connectivity index (χ3v) is 7.19. The smallest absolute Gasteiger partial charge is 0.0991 e. The third-order valence-electron chi connectivity index (χ3n) is 7.19. The Kier molecular flexibility index (Phi) is 5.32. The maximum Gasteiger partial charge on any atom is 0.0991 e. The van der Waals surface area contributed by atoms with E-state index in [1.807, 2.05) is 19.1 Å². The summed E-state index contributed by atoms with van der Waals surface area (Å²) in [7, 11) is 0. The maximum atomic E-state index is 9.04. The van der Waals surface area contributed by atoms with Crippen molar-refractivity contribution in [3.05, 3.63) is 161 Å². The summed E-state index contributed by atoms with van der Waals surface area (Å²) < 4.78 is 0. The van der Waals surface area contributed by atoms with Crippen LogP contribution in [0.4, 0.5) is 5.69 Å². The SMILES string of the molecule is CC(=Nc1ccc(C#N)cc1)c1ccc(C2(c3ccccc3)c3ccccc3-c3ccccc32)cc1. The number of nitriles is 1. The summed E-state index contributed by atoms with van der Waals surface area (Å²) in [6.07, 6.45) is 0. The van der Waals surface area contributed by atoms with Gasteiger partial charge in [0.2, 0.25) is 0 Å². The van der Waals surface area contributed by atoms with Gasteiger partial charge in [0.1, 0.15) is 0 Å². The first-order valence-electron chi connectivity index (χ1n) is 12.1. The highest BCUT2D eigenvalue weighted by molar-refractivity contribution is 6.00. The lowest BCUT2D eigenvalue weighted by atomic mass is 9.67. The predicted molar refractivity (Wildman–Crippen MR) is 147 cm³/mol. The lowest BCUT2D eigenvalue weighted by Crippen LogP contribution is -2.28. The van der Waals surface area contributed by atoms with Crippen molar-refractivity contribution in [1.29, 1.82) is 5.26 Å². The van der Waals surface area contributed by atoms with Crippen molar-refractivity contribution < 1.29 is 0 Å². The Balaban J connectivity index is 1.50. The molecule has 170 valence electrons. The number of hydrogen-bond acceptors (Lipinski definition) is 2. The summed E-state index contributed by atoms with van der Waals surface area (Å²) in [5.41, 5.74) is 10.8. The summed E-state index contributed by atoms with van der Waals surface area (Å²) in [5.74, 6) is 0. The van der Waals surface area contributed by atoms with Gasteiger partial charge >= 0.3 is 0 Å². The number of benzene rings is 5. The molecule has 2 nitrogen and oxygen atoms in total. The van der Waals surface area contributed by atoms with Crippen LogP contribution in [0.1, 0.15) is 40.3 Å². The summed E-state index contributed by atoms with van der Waals surface area (Å²) in [6.45, 7) is 2.03. The molecular formula is C34H24N2. The minimum atomic E-state index is -0.384. The molecule has 1 aliphatic rings. The van der Waals surface area contributed by atoms with Gasteiger partial charge < -0.3 is 0 Å². The van der Waals surface area contributed by atoms with Crippen LogP contribution in [0.3, 0.4) is 0 Å². The number of aliphatic imine (C=N–C) groups is 1. The highest BCUT2D eigenvalue weighted by Gasteiger charge is 2.45. The number of hydrogen-bond donors (Lipinski definition) is 0. The van der Waals surface area contributed by atoms with E-state index in [9.17, 15) is 0 Å². The van der Waals surface area contributed by atoms with Crippen LogP contribution < -0.4 is 0 Å². The molecule has 0 bridgehead atoms. The Bertz CT molecular complexity index is 1570. The second-order valence-electron chi connectivity index (χ2n) is 9.14. The van der Waals surface area contributed by atoms with Gasteiger partial charge in [0.05, 0.1) is 22.7 Å². The van der Waals surface area contributed by atoms with Gasteiger partial charge in [-0.2, -0.15) is 5.26 Å². The van der Waals surface area contributed by atoms with E-state index in [2.05, 4.69) is 109 Å². The zero-order valence-corrected chi connectivity index (χ0v) is 20.0. The standard InChI is InChI=1S/C34H24N2/c1-24(36-29-21-15-25(23-35)16-22-29)26-17-19-28(20-18-26)34(27-9-3-2-4-10-27)32-13-7-5-11-30(32)31-12-6-8-14-33(31)34/h2-22H,1H3. The fourth-order valence-electron chi connectivity index (χ4n) is 5.54. The van der Waals surface area contributed by atoms with E-state index in [-0.39, 0.29) is 5.41 Å². The van der Waals surface area contributed by atoms with Gasteiger partial charge in [-0.25, -0.2) is 0 Å². The van der Waals surface area contributed by atoms with Crippen LogP contribution in [0, 0.1) is 11.3 Å². The first kappa shape index (κ1) is 21.8. The molecule has 0 saturated heterocycles. The summed E-state index contributed by atoms with van der Waals surface area (Å²) in [5, 5.41) is 9.04. The van der Waals surface area contributed by atoms with E-state index in [1.165, 1.54) is 33.4 Å². The van der Waals surface area contributed by atoms with E-state index >= 15 is 0 Å². The van der Waals surface area contributed by atoms with Crippen molar-refractivity contribution >= 4 is 11.4 Å². The largest absolute Gasteiger partial charge is 0.253 e. The van der Waals surface area contributed by atoms with Gasteiger partial charge in [0.15, 0.2) is 0 Å². The number of fused-ring (bicyclic) bond motifs is 3. The van der Waals surface area contributed by atoms with E-state index in [0.717, 1.165) is 17.0 Å². The average Bonchev–Trinajstić information content (AvgIpc) is 3.25. The Morgan fingerprint density at radius 3 is 1.72 bits per heavy atom. The molecule has 0 N–H and O–H groups in total. The van der Waals surface area contributed by atoms with Crippen molar-refractivity contribution in [2.24, 2.45) is 4.99 Å². The van der Waals surface area contributed by atoms with E-state index in [0.29, 0.717) is 5.56 Å². The highest BCUT2D eigenvalue weighted by Crippen LogP contribution is 2.55. The first-order chi connectivity index (χ1) is 17.7. The van der Waals surface area contributed by atoms with Gasteiger partial charge in [-0.05, 0) is 70.1 Å². The van der Waals surface area contributed by atoms with Crippen LogP contribution >= 0.6 is 0 Å². The number of rotatable bonds is 4. The second-order valence-corrected chi connectivity index (χ2v) is 9.14. The molecule has 0 amide bonds. The fraction of sp³-hybridized carbons (Fsp3) is 0.0588. The minimum absolute atomic E-state index is 0.384. The Hall–Kier alpha value is -4.74. The average molecular weight is 461 g/mol. The summed E-state index contributed by atoms with van der Waals surface area (Å²) >= 11 is 0. The van der Waals surface area contributed by atoms with Crippen LogP contribution in [0.5, 0.6) is 0 Å². The van der Waals surface area contributed by atoms with Gasteiger partial charge in [-0.1, -0.05) is 103 Å². The van der Waals surface area contributed by atoms with Gasteiger partial charge in [-0.15, -0.1) is 0 Å². The molecule has 0 radical (unpaired) electrons. The van der Waals surface area contributed by atoms with Crippen LogP contribution in [0.25, 0.3) is 11.1 Å². The zero-order valence-electron chi connectivity index (χ0n) is 20.0. The van der Waals surface area contributed by atoms with E-state index in [4.69, 9.17) is 10.3 Å². The van der Waals surface area contributed by atoms with E-state index < -0.39 is 0 Å². The fourth-order valence-corrected chi connectivity index (χ4v) is 5.54. The molecule has 1 aliphatic carbocycles. The summed E-state index contributed by atoms with van der Waals surface area (Å²) in [6, 6.07) is 46.7. The molecule has 0 unspecified atom stereocenters. The predicted octanol–water partition coefficient (Wildman–Crippen LogP) is 8.06. The molecule has 6 rings (SSSR count). The lowest BCUT2D eigenvalue weighted by molar-refractivity contribution is 0.768. The topological polar surface area (TPSA) is 36.1 Å².